The highest BCUT2D eigenvalue weighted by Gasteiger charge is 2.20. The number of carbonyl (C=O) groups is 1. The second-order valence-electron chi connectivity index (χ2n) is 5.96. The average Bonchev–Trinajstić information content (AvgIpc) is 2.76. The number of hydrogen-bond donors (Lipinski definition) is 1. The Kier molecular flexibility index (Phi) is 5.50. The molecule has 0 amide bonds. The molecule has 0 bridgehead atoms. The maximum Gasteiger partial charge on any atom is 0.307 e. The zero-order valence-corrected chi connectivity index (χ0v) is 13.3. The van der Waals surface area contributed by atoms with E-state index in [4.69, 9.17) is 5.11 Å². The van der Waals surface area contributed by atoms with E-state index < -0.39 is 5.97 Å². The van der Waals surface area contributed by atoms with Crippen LogP contribution in [0.3, 0.4) is 0 Å². The van der Waals surface area contributed by atoms with Crippen molar-refractivity contribution in [2.24, 2.45) is 5.92 Å². The van der Waals surface area contributed by atoms with Gasteiger partial charge in [-0.1, -0.05) is 34.6 Å². The van der Waals surface area contributed by atoms with Gasteiger partial charge >= 0.3 is 5.97 Å². The summed E-state index contributed by atoms with van der Waals surface area (Å²) in [6.45, 7) is 12.4. The van der Waals surface area contributed by atoms with Crippen molar-refractivity contribution in [3.8, 4) is 0 Å². The van der Waals surface area contributed by atoms with Crippen LogP contribution in [0.4, 0.5) is 0 Å². The summed E-state index contributed by atoms with van der Waals surface area (Å²) in [5.41, 5.74) is 1.11. The first-order valence-corrected chi connectivity index (χ1v) is 7.52. The van der Waals surface area contributed by atoms with Gasteiger partial charge in [0, 0.05) is 23.9 Å². The number of rotatable bonds is 6. The minimum atomic E-state index is -0.743. The smallest absolute Gasteiger partial charge is 0.307 e. The molecule has 0 saturated heterocycles. The van der Waals surface area contributed by atoms with Crippen LogP contribution in [0.2, 0.25) is 0 Å². The van der Waals surface area contributed by atoms with Gasteiger partial charge in [0.2, 0.25) is 0 Å². The Labute approximate surface area is 119 Å². The fourth-order valence-corrected chi connectivity index (χ4v) is 2.62. The number of nitrogens with zero attached hydrogens (tertiary/aromatic N) is 2. The van der Waals surface area contributed by atoms with E-state index in [1.54, 1.807) is 18.3 Å². The molecular weight excluding hydrogens is 260 g/mol. The first-order valence-electron chi connectivity index (χ1n) is 6.64. The van der Waals surface area contributed by atoms with E-state index in [1.165, 1.54) is 0 Å². The van der Waals surface area contributed by atoms with E-state index >= 15 is 0 Å². The lowest BCUT2D eigenvalue weighted by atomic mass is 9.98. The van der Waals surface area contributed by atoms with Gasteiger partial charge in [-0.2, -0.15) is 0 Å². The first-order chi connectivity index (χ1) is 8.74. The van der Waals surface area contributed by atoms with Gasteiger partial charge < -0.3 is 5.11 Å². The number of thiazole rings is 1. The summed E-state index contributed by atoms with van der Waals surface area (Å²) in [7, 11) is 0. The molecule has 1 heterocycles. The number of carboxylic acid groups (broad SMARTS) is 1. The standard InChI is InChI=1S/C14H24N2O2S/c1-6-16(7-10(2)12(17)18)8-11-9-19-13(15-11)14(3,4)5/h9-10H,6-8H2,1-5H3,(H,17,18). The van der Waals surface area contributed by atoms with E-state index in [-0.39, 0.29) is 11.3 Å². The second-order valence-corrected chi connectivity index (χ2v) is 6.82. The van der Waals surface area contributed by atoms with Gasteiger partial charge in [0.25, 0.3) is 0 Å². The summed E-state index contributed by atoms with van der Waals surface area (Å²) >= 11 is 1.68. The van der Waals surface area contributed by atoms with Crippen molar-refractivity contribution in [1.82, 2.24) is 9.88 Å². The number of aromatic nitrogens is 1. The Bertz CT molecular complexity index is 423. The molecule has 1 aromatic rings. The van der Waals surface area contributed by atoms with Crippen LogP contribution in [0.15, 0.2) is 5.38 Å². The lowest BCUT2D eigenvalue weighted by molar-refractivity contribution is -0.141. The molecule has 1 atom stereocenters. The van der Waals surface area contributed by atoms with Crippen molar-refractivity contribution in [3.05, 3.63) is 16.1 Å². The first kappa shape index (κ1) is 16.1. The molecule has 0 spiro atoms. The Balaban J connectivity index is 2.66. The van der Waals surface area contributed by atoms with Crippen LogP contribution >= 0.6 is 11.3 Å². The van der Waals surface area contributed by atoms with Gasteiger partial charge in [0.1, 0.15) is 0 Å². The van der Waals surface area contributed by atoms with Crippen LogP contribution in [-0.4, -0.2) is 34.0 Å². The maximum absolute atomic E-state index is 10.9. The molecule has 0 aliphatic carbocycles. The van der Waals surface area contributed by atoms with Gasteiger partial charge in [-0.25, -0.2) is 4.98 Å². The molecule has 0 aromatic carbocycles. The van der Waals surface area contributed by atoms with Gasteiger partial charge in [0.15, 0.2) is 0 Å². The molecule has 1 N–H and O–H groups in total. The van der Waals surface area contributed by atoms with Crippen molar-refractivity contribution in [2.45, 2.75) is 46.6 Å². The Hall–Kier alpha value is -0.940. The van der Waals surface area contributed by atoms with Crippen LogP contribution in [0.1, 0.15) is 45.3 Å². The molecule has 1 aromatic heterocycles. The van der Waals surface area contributed by atoms with Crippen LogP contribution in [0, 0.1) is 5.92 Å². The van der Waals surface area contributed by atoms with Crippen molar-refractivity contribution in [1.29, 1.82) is 0 Å². The zero-order chi connectivity index (χ0) is 14.6. The van der Waals surface area contributed by atoms with Gasteiger partial charge in [-0.05, 0) is 6.54 Å². The third kappa shape index (κ3) is 4.91. The number of aliphatic carboxylic acids is 1. The highest BCUT2D eigenvalue weighted by atomic mass is 32.1. The molecular formula is C14H24N2O2S. The zero-order valence-electron chi connectivity index (χ0n) is 12.4. The lowest BCUT2D eigenvalue weighted by Crippen LogP contribution is -2.31. The van der Waals surface area contributed by atoms with Crippen LogP contribution < -0.4 is 0 Å². The summed E-state index contributed by atoms with van der Waals surface area (Å²) in [4.78, 5) is 17.7. The summed E-state index contributed by atoms with van der Waals surface area (Å²) in [5, 5.41) is 12.2. The largest absolute Gasteiger partial charge is 0.481 e. The van der Waals surface area contributed by atoms with E-state index in [1.807, 2.05) is 6.92 Å². The van der Waals surface area contributed by atoms with Crippen molar-refractivity contribution >= 4 is 17.3 Å². The van der Waals surface area contributed by atoms with Crippen molar-refractivity contribution in [3.63, 3.8) is 0 Å². The lowest BCUT2D eigenvalue weighted by Gasteiger charge is -2.21. The molecule has 108 valence electrons. The predicted octanol–water partition coefficient (Wildman–Crippen LogP) is 2.98. The number of carboxylic acids is 1. The number of hydrogen-bond acceptors (Lipinski definition) is 4. The predicted molar refractivity (Wildman–Crippen MR) is 78.6 cm³/mol. The molecule has 19 heavy (non-hydrogen) atoms. The molecule has 0 aliphatic rings. The maximum atomic E-state index is 10.9. The fraction of sp³-hybridized carbons (Fsp3) is 0.714. The highest BCUT2D eigenvalue weighted by Crippen LogP contribution is 2.26. The third-order valence-corrected chi connectivity index (χ3v) is 4.30. The topological polar surface area (TPSA) is 53.4 Å². The highest BCUT2D eigenvalue weighted by molar-refractivity contribution is 7.09. The molecule has 1 rings (SSSR count). The van der Waals surface area contributed by atoms with Crippen molar-refractivity contribution < 1.29 is 9.90 Å². The summed E-state index contributed by atoms with van der Waals surface area (Å²) in [6.07, 6.45) is 0. The summed E-state index contributed by atoms with van der Waals surface area (Å²) in [6, 6.07) is 0. The normalized spacial score (nSPS) is 13.8. The molecule has 0 radical (unpaired) electrons. The SMILES string of the molecule is CCN(Cc1csc(C(C)(C)C)n1)CC(C)C(=O)O. The van der Waals surface area contributed by atoms with E-state index in [0.29, 0.717) is 6.54 Å². The van der Waals surface area contributed by atoms with Gasteiger partial charge in [0.05, 0.1) is 16.6 Å². The van der Waals surface area contributed by atoms with Gasteiger partial charge in [-0.15, -0.1) is 11.3 Å². The second kappa shape index (κ2) is 6.48. The van der Waals surface area contributed by atoms with E-state index in [9.17, 15) is 4.79 Å². The molecule has 0 aliphatic heterocycles. The molecule has 4 nitrogen and oxygen atoms in total. The monoisotopic (exact) mass is 284 g/mol. The van der Waals surface area contributed by atoms with Crippen LogP contribution in [-0.2, 0) is 16.8 Å². The average molecular weight is 284 g/mol. The summed E-state index contributed by atoms with van der Waals surface area (Å²) in [5.74, 6) is -1.09. The molecule has 5 heteroatoms. The van der Waals surface area contributed by atoms with Crippen LogP contribution in [0.25, 0.3) is 0 Å². The quantitative estimate of drug-likeness (QED) is 0.872. The third-order valence-electron chi connectivity index (χ3n) is 2.98. The Morgan fingerprint density at radius 2 is 2.16 bits per heavy atom. The van der Waals surface area contributed by atoms with Crippen molar-refractivity contribution in [2.75, 3.05) is 13.1 Å². The minimum Gasteiger partial charge on any atom is -0.481 e. The summed E-state index contributed by atoms with van der Waals surface area (Å²) < 4.78 is 0. The molecule has 1 unspecified atom stereocenters. The Morgan fingerprint density at radius 1 is 1.53 bits per heavy atom. The van der Waals surface area contributed by atoms with E-state index in [0.717, 1.165) is 23.8 Å². The molecule has 0 fully saturated rings. The fourth-order valence-electron chi connectivity index (χ4n) is 1.72. The Morgan fingerprint density at radius 3 is 2.58 bits per heavy atom. The van der Waals surface area contributed by atoms with Crippen LogP contribution in [0.5, 0.6) is 0 Å². The molecule has 0 saturated carbocycles. The van der Waals surface area contributed by atoms with E-state index in [2.05, 4.69) is 36.0 Å². The van der Waals surface area contributed by atoms with Gasteiger partial charge in [-0.3, -0.25) is 9.69 Å². The minimum absolute atomic E-state index is 0.0777.